The molecule has 0 aliphatic carbocycles. The van der Waals surface area contributed by atoms with E-state index in [9.17, 15) is 9.59 Å². The van der Waals surface area contributed by atoms with Crippen LogP contribution in [-0.4, -0.2) is 26.9 Å². The zero-order valence-electron chi connectivity index (χ0n) is 11.5. The molecule has 2 aromatic rings. The van der Waals surface area contributed by atoms with Crippen LogP contribution >= 0.6 is 0 Å². The summed E-state index contributed by atoms with van der Waals surface area (Å²) in [5, 5.41) is 9.01. The molecule has 1 N–H and O–H groups in total. The number of rotatable bonds is 2. The first-order chi connectivity index (χ1) is 10.0. The summed E-state index contributed by atoms with van der Waals surface area (Å²) in [4.78, 5) is 29.3. The first kappa shape index (κ1) is 13.3. The van der Waals surface area contributed by atoms with Crippen LogP contribution in [0.2, 0.25) is 0 Å². The minimum absolute atomic E-state index is 0.0615. The smallest absolute Gasteiger partial charge is 0.335 e. The number of aryl methyl sites for hydroxylation is 1. The van der Waals surface area contributed by atoms with Crippen LogP contribution in [0, 0.1) is 6.92 Å². The third-order valence-electron chi connectivity index (χ3n) is 3.61. The van der Waals surface area contributed by atoms with Gasteiger partial charge in [-0.1, -0.05) is 6.07 Å². The van der Waals surface area contributed by atoms with Gasteiger partial charge in [0.2, 0.25) is 0 Å². The molecule has 0 unspecified atom stereocenters. The van der Waals surface area contributed by atoms with Crippen molar-refractivity contribution in [1.82, 2.24) is 9.88 Å². The zero-order valence-corrected chi connectivity index (χ0v) is 11.5. The van der Waals surface area contributed by atoms with Gasteiger partial charge in [-0.15, -0.1) is 0 Å². The number of amides is 1. The van der Waals surface area contributed by atoms with Gasteiger partial charge < -0.3 is 10.0 Å². The van der Waals surface area contributed by atoms with E-state index in [0.29, 0.717) is 18.7 Å². The summed E-state index contributed by atoms with van der Waals surface area (Å²) in [5.41, 5.74) is 3.55. The molecule has 1 aliphatic heterocycles. The molecular weight excluding hydrogens is 268 g/mol. The minimum atomic E-state index is -0.952. The number of carbonyl (C=O) groups is 2. The molecule has 0 saturated heterocycles. The molecule has 5 heteroatoms. The molecule has 0 spiro atoms. The van der Waals surface area contributed by atoms with Crippen molar-refractivity contribution in [3.63, 3.8) is 0 Å². The molecule has 5 nitrogen and oxygen atoms in total. The molecule has 0 fully saturated rings. The Morgan fingerprint density at radius 3 is 2.57 bits per heavy atom. The molecule has 2 heterocycles. The highest BCUT2D eigenvalue weighted by Crippen LogP contribution is 2.25. The highest BCUT2D eigenvalue weighted by molar-refractivity contribution is 5.94. The number of hydrogen-bond acceptors (Lipinski definition) is 3. The van der Waals surface area contributed by atoms with Gasteiger partial charge in [-0.25, -0.2) is 4.79 Å². The quantitative estimate of drug-likeness (QED) is 0.917. The lowest BCUT2D eigenvalue weighted by atomic mass is 10.1. The van der Waals surface area contributed by atoms with Crippen molar-refractivity contribution < 1.29 is 14.7 Å². The molecule has 21 heavy (non-hydrogen) atoms. The molecule has 0 radical (unpaired) electrons. The number of benzene rings is 1. The Balaban J connectivity index is 1.84. The fourth-order valence-electron chi connectivity index (χ4n) is 2.53. The molecule has 0 bridgehead atoms. The maximum Gasteiger partial charge on any atom is 0.335 e. The van der Waals surface area contributed by atoms with Crippen LogP contribution in [0.3, 0.4) is 0 Å². The predicted molar refractivity (Wildman–Crippen MR) is 76.0 cm³/mol. The minimum Gasteiger partial charge on any atom is -0.478 e. The average Bonchev–Trinajstić information content (AvgIpc) is 2.89. The number of carboxylic acid groups (broad SMARTS) is 1. The van der Waals surface area contributed by atoms with Crippen molar-refractivity contribution in [3.8, 4) is 0 Å². The topological polar surface area (TPSA) is 70.5 Å². The highest BCUT2D eigenvalue weighted by atomic mass is 16.4. The van der Waals surface area contributed by atoms with Crippen LogP contribution in [0.25, 0.3) is 0 Å². The summed E-state index contributed by atoms with van der Waals surface area (Å²) < 4.78 is 0. The molecule has 1 aromatic carbocycles. The lowest BCUT2D eigenvalue weighted by Crippen LogP contribution is -2.25. The number of hydrogen-bond donors (Lipinski definition) is 1. The van der Waals surface area contributed by atoms with E-state index in [2.05, 4.69) is 4.98 Å². The van der Waals surface area contributed by atoms with Gasteiger partial charge >= 0.3 is 5.97 Å². The molecule has 1 amide bonds. The van der Waals surface area contributed by atoms with E-state index in [1.807, 2.05) is 6.92 Å². The zero-order chi connectivity index (χ0) is 15.0. The van der Waals surface area contributed by atoms with Crippen LogP contribution in [-0.2, 0) is 13.1 Å². The molecule has 0 atom stereocenters. The number of fused-ring (bicyclic) bond motifs is 1. The standard InChI is InChI=1S/C16H14N2O3/c1-10-6-11(4-5-17-10)15(19)18-8-13-3-2-12(16(20)21)7-14(13)9-18/h2-7H,8-9H2,1H3,(H,20,21). The first-order valence-corrected chi connectivity index (χ1v) is 6.61. The van der Waals surface area contributed by atoms with Crippen molar-refractivity contribution in [2.75, 3.05) is 0 Å². The van der Waals surface area contributed by atoms with E-state index < -0.39 is 5.97 Å². The van der Waals surface area contributed by atoms with Gasteiger partial charge in [-0.2, -0.15) is 0 Å². The second-order valence-corrected chi connectivity index (χ2v) is 5.14. The van der Waals surface area contributed by atoms with Crippen LogP contribution < -0.4 is 0 Å². The van der Waals surface area contributed by atoms with Crippen molar-refractivity contribution >= 4 is 11.9 Å². The normalized spacial score (nSPS) is 13.1. The van der Waals surface area contributed by atoms with Crippen LogP contribution in [0.1, 0.15) is 37.5 Å². The Kier molecular flexibility index (Phi) is 3.17. The maximum absolute atomic E-state index is 12.5. The Morgan fingerprint density at radius 2 is 1.86 bits per heavy atom. The van der Waals surface area contributed by atoms with E-state index in [1.54, 1.807) is 41.4 Å². The Hall–Kier alpha value is -2.69. The second-order valence-electron chi connectivity index (χ2n) is 5.14. The lowest BCUT2D eigenvalue weighted by Gasteiger charge is -2.15. The van der Waals surface area contributed by atoms with Gasteiger partial charge in [0.25, 0.3) is 5.91 Å². The van der Waals surface area contributed by atoms with E-state index in [1.165, 1.54) is 0 Å². The van der Waals surface area contributed by atoms with Gasteiger partial charge in [0.15, 0.2) is 0 Å². The van der Waals surface area contributed by atoms with E-state index >= 15 is 0 Å². The third kappa shape index (κ3) is 2.50. The number of aromatic nitrogens is 1. The fourth-order valence-corrected chi connectivity index (χ4v) is 2.53. The summed E-state index contributed by atoms with van der Waals surface area (Å²) in [6.45, 7) is 2.79. The second kappa shape index (κ2) is 5.01. The van der Waals surface area contributed by atoms with Crippen LogP contribution in [0.4, 0.5) is 0 Å². The fraction of sp³-hybridized carbons (Fsp3) is 0.188. The molecule has 1 aromatic heterocycles. The molecule has 106 valence electrons. The van der Waals surface area contributed by atoms with Crippen LogP contribution in [0.15, 0.2) is 36.5 Å². The Morgan fingerprint density at radius 1 is 1.10 bits per heavy atom. The molecular formula is C16H14N2O3. The van der Waals surface area contributed by atoms with E-state index in [-0.39, 0.29) is 11.5 Å². The van der Waals surface area contributed by atoms with Crippen molar-refractivity contribution in [2.45, 2.75) is 20.0 Å². The van der Waals surface area contributed by atoms with Gasteiger partial charge in [0, 0.05) is 30.5 Å². The molecule has 1 aliphatic rings. The number of carbonyl (C=O) groups excluding carboxylic acids is 1. The maximum atomic E-state index is 12.5. The molecule has 0 saturated carbocycles. The van der Waals surface area contributed by atoms with Gasteiger partial charge in [0.1, 0.15) is 0 Å². The largest absolute Gasteiger partial charge is 0.478 e. The first-order valence-electron chi connectivity index (χ1n) is 6.61. The lowest BCUT2D eigenvalue weighted by molar-refractivity contribution is 0.0696. The summed E-state index contributed by atoms with van der Waals surface area (Å²) in [6, 6.07) is 8.45. The predicted octanol–water partition coefficient (Wildman–Crippen LogP) is 2.24. The molecule has 3 rings (SSSR count). The van der Waals surface area contributed by atoms with Gasteiger partial charge in [0.05, 0.1) is 5.56 Å². The third-order valence-corrected chi connectivity index (χ3v) is 3.61. The summed E-state index contributed by atoms with van der Waals surface area (Å²) in [5.74, 6) is -1.01. The van der Waals surface area contributed by atoms with Crippen molar-refractivity contribution in [1.29, 1.82) is 0 Å². The number of carboxylic acids is 1. The summed E-state index contributed by atoms with van der Waals surface area (Å²) >= 11 is 0. The van der Waals surface area contributed by atoms with Crippen molar-refractivity contribution in [3.05, 3.63) is 64.5 Å². The monoisotopic (exact) mass is 282 g/mol. The van der Waals surface area contributed by atoms with Gasteiger partial charge in [-0.3, -0.25) is 9.78 Å². The SMILES string of the molecule is Cc1cc(C(=O)N2Cc3ccc(C(=O)O)cc3C2)ccn1. The Labute approximate surface area is 121 Å². The number of pyridine rings is 1. The summed E-state index contributed by atoms with van der Waals surface area (Å²) in [7, 11) is 0. The van der Waals surface area contributed by atoms with Crippen LogP contribution in [0.5, 0.6) is 0 Å². The van der Waals surface area contributed by atoms with Gasteiger partial charge in [-0.05, 0) is 42.3 Å². The highest BCUT2D eigenvalue weighted by Gasteiger charge is 2.25. The van der Waals surface area contributed by atoms with Crippen molar-refractivity contribution in [2.24, 2.45) is 0 Å². The average molecular weight is 282 g/mol. The number of aromatic carboxylic acids is 1. The number of nitrogens with zero attached hydrogens (tertiary/aromatic N) is 2. The van der Waals surface area contributed by atoms with E-state index in [0.717, 1.165) is 16.8 Å². The Bertz CT molecular complexity index is 740. The summed E-state index contributed by atoms with van der Waals surface area (Å²) in [6.07, 6.45) is 1.62. The van der Waals surface area contributed by atoms with E-state index in [4.69, 9.17) is 5.11 Å².